The molecule has 1 aromatic heterocycles. The van der Waals surface area contributed by atoms with Crippen LogP contribution in [0.4, 0.5) is 0 Å². The van der Waals surface area contributed by atoms with Crippen molar-refractivity contribution in [3.05, 3.63) is 60.9 Å². The maximum Gasteiger partial charge on any atom is 0.148 e. The molecule has 1 unspecified atom stereocenters. The van der Waals surface area contributed by atoms with Crippen LogP contribution in [-0.2, 0) is 7.05 Å². The van der Waals surface area contributed by atoms with Crippen LogP contribution in [0.2, 0.25) is 0 Å². The number of hydrogen-bond acceptors (Lipinski definition) is 7. The molecule has 2 aliphatic rings. The van der Waals surface area contributed by atoms with Crippen molar-refractivity contribution in [1.29, 1.82) is 0 Å². The Kier molecular flexibility index (Phi) is 7.51. The molecule has 5 rings (SSSR count). The zero-order valence-electron chi connectivity index (χ0n) is 19.9. The third-order valence-electron chi connectivity index (χ3n) is 6.96. The van der Waals surface area contributed by atoms with E-state index >= 15 is 0 Å². The van der Waals surface area contributed by atoms with E-state index < -0.39 is 0 Å². The van der Waals surface area contributed by atoms with Gasteiger partial charge in [-0.25, -0.2) is 4.31 Å². The summed E-state index contributed by atoms with van der Waals surface area (Å²) in [5.41, 5.74) is 6.21. The molecule has 1 saturated heterocycles. The van der Waals surface area contributed by atoms with Gasteiger partial charge in [-0.1, -0.05) is 18.2 Å². The van der Waals surface area contributed by atoms with Gasteiger partial charge in [-0.05, 0) is 104 Å². The minimum atomic E-state index is 0.427. The number of aromatic nitrogens is 2. The molecule has 6 nitrogen and oxygen atoms in total. The van der Waals surface area contributed by atoms with Crippen LogP contribution in [0.15, 0.2) is 70.7 Å². The van der Waals surface area contributed by atoms with Crippen molar-refractivity contribution in [2.45, 2.75) is 47.9 Å². The lowest BCUT2D eigenvalue weighted by Crippen LogP contribution is -2.37. The minimum Gasteiger partial charge on any atom is -0.408 e. The summed E-state index contributed by atoms with van der Waals surface area (Å²) in [5, 5.41) is 4.31. The largest absolute Gasteiger partial charge is 0.408 e. The molecule has 180 valence electrons. The van der Waals surface area contributed by atoms with Gasteiger partial charge < -0.3 is 4.84 Å². The summed E-state index contributed by atoms with van der Waals surface area (Å²) >= 11 is 3.49. The van der Waals surface area contributed by atoms with Gasteiger partial charge in [0.05, 0.1) is 6.20 Å². The molecular weight excluding hydrogens is 462 g/mol. The predicted octanol–water partition coefficient (Wildman–Crippen LogP) is 5.54. The first-order valence-corrected chi connectivity index (χ1v) is 13.6. The lowest BCUT2D eigenvalue weighted by Gasteiger charge is -2.39. The standard InChI is InChI=1S/C26H33N5OS2/c1-27-33-24-7-4-6-23(16-24)32-29-22-9-10-26(17-22)11-13-31(14-12-26)34-25-8-3-5-20(15-25)21-18-28-30(2)19-21/h3-8,15-16,18-19,22,27,29H,9-14,17H2,1-2H3. The predicted molar refractivity (Wildman–Crippen MR) is 141 cm³/mol. The summed E-state index contributed by atoms with van der Waals surface area (Å²) < 4.78 is 7.50. The number of nitrogens with zero attached hydrogens (tertiary/aromatic N) is 3. The molecule has 2 N–H and O–H groups in total. The second-order valence-corrected chi connectivity index (χ2v) is 11.6. The zero-order chi connectivity index (χ0) is 23.4. The van der Waals surface area contributed by atoms with E-state index in [1.54, 1.807) is 11.9 Å². The Labute approximate surface area is 211 Å². The Bertz CT molecular complexity index is 1100. The molecule has 8 heteroatoms. The van der Waals surface area contributed by atoms with Crippen molar-refractivity contribution in [3.8, 4) is 16.9 Å². The molecule has 1 saturated carbocycles. The Hall–Kier alpha value is -1.97. The molecule has 1 aliphatic heterocycles. The Morgan fingerprint density at radius 1 is 1.03 bits per heavy atom. The highest BCUT2D eigenvalue weighted by molar-refractivity contribution is 7.97. The Morgan fingerprint density at radius 3 is 2.65 bits per heavy atom. The molecule has 1 aliphatic carbocycles. The second kappa shape index (κ2) is 10.7. The monoisotopic (exact) mass is 495 g/mol. The van der Waals surface area contributed by atoms with Crippen LogP contribution in [0.3, 0.4) is 0 Å². The van der Waals surface area contributed by atoms with Crippen molar-refractivity contribution in [1.82, 2.24) is 24.3 Å². The first-order chi connectivity index (χ1) is 16.6. The van der Waals surface area contributed by atoms with Gasteiger partial charge >= 0.3 is 0 Å². The number of piperidine rings is 1. The number of rotatable bonds is 8. The van der Waals surface area contributed by atoms with Crippen molar-refractivity contribution < 1.29 is 4.84 Å². The average Bonchev–Trinajstić information content (AvgIpc) is 3.47. The Morgan fingerprint density at radius 2 is 1.85 bits per heavy atom. The molecule has 0 radical (unpaired) electrons. The van der Waals surface area contributed by atoms with Crippen LogP contribution in [0.25, 0.3) is 11.1 Å². The highest BCUT2D eigenvalue weighted by Gasteiger charge is 2.41. The molecule has 2 fully saturated rings. The summed E-state index contributed by atoms with van der Waals surface area (Å²) in [4.78, 5) is 8.40. The molecule has 0 amide bonds. The normalized spacial score (nSPS) is 20.1. The second-order valence-electron chi connectivity index (χ2n) is 9.39. The average molecular weight is 496 g/mol. The fourth-order valence-corrected chi connectivity index (χ4v) is 6.68. The molecule has 1 spiro atoms. The van der Waals surface area contributed by atoms with Crippen LogP contribution in [0.1, 0.15) is 32.1 Å². The summed E-state index contributed by atoms with van der Waals surface area (Å²) in [7, 11) is 3.89. The molecule has 2 aromatic carbocycles. The maximum absolute atomic E-state index is 5.95. The summed E-state index contributed by atoms with van der Waals surface area (Å²) in [6.07, 6.45) is 10.2. The van der Waals surface area contributed by atoms with Gasteiger partial charge in [0.2, 0.25) is 0 Å². The number of aryl methyl sites for hydroxylation is 1. The van der Waals surface area contributed by atoms with Gasteiger partial charge in [-0.2, -0.15) is 10.6 Å². The number of benzene rings is 2. The van der Waals surface area contributed by atoms with E-state index in [9.17, 15) is 0 Å². The fourth-order valence-electron chi connectivity index (χ4n) is 5.14. The third-order valence-corrected chi connectivity index (χ3v) is 8.74. The van der Waals surface area contributed by atoms with Crippen molar-refractivity contribution in [3.63, 3.8) is 0 Å². The topological polar surface area (TPSA) is 54.4 Å². The summed E-state index contributed by atoms with van der Waals surface area (Å²) in [6.45, 7) is 2.28. The minimum absolute atomic E-state index is 0.427. The molecular formula is C26H33N5OS2. The van der Waals surface area contributed by atoms with Crippen molar-refractivity contribution >= 4 is 23.9 Å². The molecule has 2 heterocycles. The van der Waals surface area contributed by atoms with Gasteiger partial charge in [0.25, 0.3) is 0 Å². The lowest BCUT2D eigenvalue weighted by atomic mass is 9.77. The Balaban J connectivity index is 1.10. The maximum atomic E-state index is 5.95. The SMILES string of the molecule is CNSc1cccc(ONC2CCC3(CCN(Sc4cccc(-c5cnn(C)c5)c4)CC3)C2)c1. The third kappa shape index (κ3) is 5.80. The fraction of sp³-hybridized carbons (Fsp3) is 0.423. The van der Waals surface area contributed by atoms with E-state index in [0.717, 1.165) is 23.7 Å². The van der Waals surface area contributed by atoms with Gasteiger partial charge in [0, 0.05) is 47.7 Å². The highest BCUT2D eigenvalue weighted by Crippen LogP contribution is 2.47. The summed E-state index contributed by atoms with van der Waals surface area (Å²) in [5.74, 6) is 0.876. The lowest BCUT2D eigenvalue weighted by molar-refractivity contribution is 0.127. The van der Waals surface area contributed by atoms with Crippen molar-refractivity contribution in [2.24, 2.45) is 12.5 Å². The summed E-state index contributed by atoms with van der Waals surface area (Å²) in [6, 6.07) is 17.4. The molecule has 0 bridgehead atoms. The first kappa shape index (κ1) is 23.8. The number of hydrogen-bond donors (Lipinski definition) is 2. The van der Waals surface area contributed by atoms with Crippen LogP contribution >= 0.6 is 23.9 Å². The van der Waals surface area contributed by atoms with E-state index in [1.165, 1.54) is 48.1 Å². The van der Waals surface area contributed by atoms with E-state index in [-0.39, 0.29) is 0 Å². The number of hydroxylamine groups is 1. The van der Waals surface area contributed by atoms with Crippen LogP contribution < -0.4 is 15.0 Å². The zero-order valence-corrected chi connectivity index (χ0v) is 21.5. The highest BCUT2D eigenvalue weighted by atomic mass is 32.2. The van der Waals surface area contributed by atoms with Crippen LogP contribution in [0.5, 0.6) is 5.75 Å². The number of nitrogens with one attached hydrogen (secondary N) is 2. The molecule has 3 aromatic rings. The van der Waals surface area contributed by atoms with Crippen molar-refractivity contribution in [2.75, 3.05) is 20.1 Å². The first-order valence-electron chi connectivity index (χ1n) is 12.0. The smallest absolute Gasteiger partial charge is 0.148 e. The molecule has 34 heavy (non-hydrogen) atoms. The van der Waals surface area contributed by atoms with E-state index in [2.05, 4.69) is 62.2 Å². The van der Waals surface area contributed by atoms with E-state index in [0.29, 0.717) is 11.5 Å². The van der Waals surface area contributed by atoms with Crippen LogP contribution in [0, 0.1) is 5.41 Å². The van der Waals surface area contributed by atoms with Gasteiger partial charge in [-0.3, -0.25) is 9.40 Å². The van der Waals surface area contributed by atoms with Crippen LogP contribution in [-0.4, -0.2) is 40.3 Å². The van der Waals surface area contributed by atoms with Gasteiger partial charge in [0.15, 0.2) is 0 Å². The van der Waals surface area contributed by atoms with E-state index in [1.807, 2.05) is 49.1 Å². The van der Waals surface area contributed by atoms with Gasteiger partial charge in [0.1, 0.15) is 5.75 Å². The van der Waals surface area contributed by atoms with Gasteiger partial charge in [-0.15, -0.1) is 0 Å². The quantitative estimate of drug-likeness (QED) is 0.314. The molecule has 1 atom stereocenters. The van der Waals surface area contributed by atoms with E-state index in [4.69, 9.17) is 4.84 Å².